The van der Waals surface area contributed by atoms with Gasteiger partial charge in [0.2, 0.25) is 0 Å². The van der Waals surface area contributed by atoms with E-state index >= 15 is 0 Å². The Labute approximate surface area is 123 Å². The Balaban J connectivity index is 2.96. The molecule has 1 aromatic rings. The van der Waals surface area contributed by atoms with Gasteiger partial charge in [-0.2, -0.15) is 0 Å². The summed E-state index contributed by atoms with van der Waals surface area (Å²) in [6, 6.07) is 3.80. The van der Waals surface area contributed by atoms with Gasteiger partial charge in [-0.3, -0.25) is 4.79 Å². The zero-order chi connectivity index (χ0) is 14.3. The maximum Gasteiger partial charge on any atom is 0.256 e. The van der Waals surface area contributed by atoms with E-state index in [1.54, 1.807) is 25.4 Å². The molecular formula is C14H21BrN2O2. The van der Waals surface area contributed by atoms with Crippen molar-refractivity contribution < 1.29 is 9.53 Å². The molecule has 0 unspecified atom stereocenters. The molecule has 0 radical (unpaired) electrons. The van der Waals surface area contributed by atoms with E-state index in [2.05, 4.69) is 34.8 Å². The van der Waals surface area contributed by atoms with Crippen LogP contribution in [0.1, 0.15) is 37.0 Å². The minimum absolute atomic E-state index is 0.00530. The van der Waals surface area contributed by atoms with Crippen LogP contribution in [0.4, 0.5) is 0 Å². The highest BCUT2D eigenvalue weighted by Gasteiger charge is 2.23. The Bertz CT molecular complexity index is 408. The van der Waals surface area contributed by atoms with E-state index < -0.39 is 0 Å². The van der Waals surface area contributed by atoms with Crippen molar-refractivity contribution >= 4 is 21.8 Å². The van der Waals surface area contributed by atoms with E-state index in [0.717, 1.165) is 12.8 Å². The highest BCUT2D eigenvalue weighted by atomic mass is 79.9. The predicted octanol–water partition coefficient (Wildman–Crippen LogP) is 3.12. The van der Waals surface area contributed by atoms with Gasteiger partial charge in [0.1, 0.15) is 4.60 Å². The van der Waals surface area contributed by atoms with Crippen LogP contribution in [0.2, 0.25) is 0 Å². The Morgan fingerprint density at radius 1 is 1.47 bits per heavy atom. The molecule has 0 aliphatic rings. The summed E-state index contributed by atoms with van der Waals surface area (Å²) >= 11 is 3.34. The number of carbonyl (C=O) groups is 1. The summed E-state index contributed by atoms with van der Waals surface area (Å²) < 4.78 is 5.70. The summed E-state index contributed by atoms with van der Waals surface area (Å²) in [4.78, 5) is 18.6. The van der Waals surface area contributed by atoms with Crippen LogP contribution >= 0.6 is 15.9 Å². The molecule has 4 nitrogen and oxygen atoms in total. The molecule has 1 heterocycles. The molecule has 0 saturated carbocycles. The second-order valence-corrected chi connectivity index (χ2v) is 5.05. The minimum atomic E-state index is 0.00530. The topological polar surface area (TPSA) is 42.4 Å². The highest BCUT2D eigenvalue weighted by molar-refractivity contribution is 9.10. The van der Waals surface area contributed by atoms with E-state index in [-0.39, 0.29) is 11.9 Å². The smallest absolute Gasteiger partial charge is 0.256 e. The summed E-state index contributed by atoms with van der Waals surface area (Å²) in [5.41, 5.74) is 0.602. The average Bonchev–Trinajstić information content (AvgIpc) is 2.43. The number of hydrogen-bond donors (Lipinski definition) is 0. The van der Waals surface area contributed by atoms with Gasteiger partial charge in [0, 0.05) is 25.9 Å². The molecule has 0 aliphatic carbocycles. The number of nitrogens with zero attached hydrogens (tertiary/aromatic N) is 2. The number of hydrogen-bond acceptors (Lipinski definition) is 3. The summed E-state index contributed by atoms with van der Waals surface area (Å²) in [5.74, 6) is 0.00530. The predicted molar refractivity (Wildman–Crippen MR) is 79.2 cm³/mol. The van der Waals surface area contributed by atoms with Gasteiger partial charge in [-0.15, -0.1) is 0 Å². The fourth-order valence-corrected chi connectivity index (χ4v) is 2.49. The van der Waals surface area contributed by atoms with Crippen molar-refractivity contribution in [1.82, 2.24) is 9.88 Å². The van der Waals surface area contributed by atoms with Crippen molar-refractivity contribution in [2.45, 2.75) is 32.7 Å². The Morgan fingerprint density at radius 3 is 2.68 bits per heavy atom. The van der Waals surface area contributed by atoms with Crippen LogP contribution in [0.5, 0.6) is 0 Å². The highest BCUT2D eigenvalue weighted by Crippen LogP contribution is 2.18. The monoisotopic (exact) mass is 328 g/mol. The fourth-order valence-electron chi connectivity index (χ4n) is 2.07. The van der Waals surface area contributed by atoms with Gasteiger partial charge in [0.15, 0.2) is 0 Å². The second-order valence-electron chi connectivity index (χ2n) is 4.30. The molecule has 0 N–H and O–H groups in total. The van der Waals surface area contributed by atoms with Gasteiger partial charge in [0.25, 0.3) is 5.91 Å². The Hall–Kier alpha value is -0.940. The maximum absolute atomic E-state index is 12.6. The number of aromatic nitrogens is 1. The minimum Gasteiger partial charge on any atom is -0.383 e. The van der Waals surface area contributed by atoms with E-state index in [0.29, 0.717) is 23.3 Å². The fraction of sp³-hybridized carbons (Fsp3) is 0.571. The zero-order valence-corrected chi connectivity index (χ0v) is 13.3. The van der Waals surface area contributed by atoms with Gasteiger partial charge in [-0.25, -0.2) is 4.98 Å². The lowest BCUT2D eigenvalue weighted by Crippen LogP contribution is -2.42. The van der Waals surface area contributed by atoms with Crippen molar-refractivity contribution in [3.63, 3.8) is 0 Å². The van der Waals surface area contributed by atoms with Gasteiger partial charge in [-0.05, 0) is 40.9 Å². The molecule has 0 aromatic carbocycles. The molecule has 0 saturated heterocycles. The van der Waals surface area contributed by atoms with Crippen LogP contribution in [-0.4, -0.2) is 42.1 Å². The molecule has 106 valence electrons. The molecule has 0 spiro atoms. The van der Waals surface area contributed by atoms with Crippen molar-refractivity contribution in [2.75, 3.05) is 20.3 Å². The lowest BCUT2D eigenvalue weighted by Gasteiger charge is -2.30. The number of carbonyl (C=O) groups excluding carboxylic acids is 1. The zero-order valence-electron chi connectivity index (χ0n) is 11.7. The van der Waals surface area contributed by atoms with Gasteiger partial charge < -0.3 is 9.64 Å². The molecule has 19 heavy (non-hydrogen) atoms. The van der Waals surface area contributed by atoms with Crippen LogP contribution in [0.25, 0.3) is 0 Å². The standard InChI is InChI=1S/C14H21BrN2O2/c1-4-11(5-2)17(9-10-19-3)14(18)12-7-6-8-16-13(12)15/h6-8,11H,4-5,9-10H2,1-3H3. The van der Waals surface area contributed by atoms with Crippen molar-refractivity contribution in [3.05, 3.63) is 28.5 Å². The number of ether oxygens (including phenoxy) is 1. The normalized spacial score (nSPS) is 10.8. The molecule has 0 atom stereocenters. The molecular weight excluding hydrogens is 308 g/mol. The van der Waals surface area contributed by atoms with Crippen molar-refractivity contribution in [1.29, 1.82) is 0 Å². The number of pyridine rings is 1. The summed E-state index contributed by atoms with van der Waals surface area (Å²) in [7, 11) is 1.65. The van der Waals surface area contributed by atoms with E-state index in [4.69, 9.17) is 4.74 Å². The first-order valence-electron chi connectivity index (χ1n) is 6.56. The first-order chi connectivity index (χ1) is 9.15. The van der Waals surface area contributed by atoms with E-state index in [1.807, 2.05) is 4.90 Å². The number of rotatable bonds is 7. The summed E-state index contributed by atoms with van der Waals surface area (Å²) in [5, 5.41) is 0. The Morgan fingerprint density at radius 2 is 2.16 bits per heavy atom. The van der Waals surface area contributed by atoms with E-state index in [9.17, 15) is 4.79 Å². The maximum atomic E-state index is 12.6. The second kappa shape index (κ2) is 8.27. The quantitative estimate of drug-likeness (QED) is 0.722. The number of halogens is 1. The molecule has 1 aromatic heterocycles. The SMILES string of the molecule is CCC(CC)N(CCOC)C(=O)c1cccnc1Br. The van der Waals surface area contributed by atoms with Gasteiger partial charge >= 0.3 is 0 Å². The molecule has 0 aliphatic heterocycles. The average molecular weight is 329 g/mol. The van der Waals surface area contributed by atoms with E-state index in [1.165, 1.54) is 0 Å². The van der Waals surface area contributed by atoms with Crippen LogP contribution < -0.4 is 0 Å². The third-order valence-electron chi connectivity index (χ3n) is 3.17. The van der Waals surface area contributed by atoms with Crippen LogP contribution in [0.3, 0.4) is 0 Å². The molecule has 5 heteroatoms. The number of methoxy groups -OCH3 is 1. The lowest BCUT2D eigenvalue weighted by molar-refractivity contribution is 0.0588. The van der Waals surface area contributed by atoms with Crippen LogP contribution in [0, 0.1) is 0 Å². The van der Waals surface area contributed by atoms with Crippen molar-refractivity contribution in [2.24, 2.45) is 0 Å². The molecule has 1 rings (SSSR count). The Kier molecular flexibility index (Phi) is 7.02. The lowest BCUT2D eigenvalue weighted by atomic mass is 10.1. The molecule has 0 bridgehead atoms. The first-order valence-corrected chi connectivity index (χ1v) is 7.35. The van der Waals surface area contributed by atoms with Gasteiger partial charge in [0.05, 0.1) is 12.2 Å². The van der Waals surface area contributed by atoms with Crippen LogP contribution in [-0.2, 0) is 4.74 Å². The largest absolute Gasteiger partial charge is 0.383 e. The third kappa shape index (κ3) is 4.28. The van der Waals surface area contributed by atoms with Crippen molar-refractivity contribution in [3.8, 4) is 0 Å². The molecule has 1 amide bonds. The van der Waals surface area contributed by atoms with Crippen LogP contribution in [0.15, 0.2) is 22.9 Å². The third-order valence-corrected chi connectivity index (χ3v) is 3.80. The number of amides is 1. The summed E-state index contributed by atoms with van der Waals surface area (Å²) in [6.07, 6.45) is 3.53. The summed E-state index contributed by atoms with van der Waals surface area (Å²) in [6.45, 7) is 5.34. The van der Waals surface area contributed by atoms with Gasteiger partial charge in [-0.1, -0.05) is 13.8 Å². The molecule has 0 fully saturated rings. The first kappa shape index (κ1) is 16.1.